The van der Waals surface area contributed by atoms with Gasteiger partial charge in [-0.1, -0.05) is 24.3 Å². The minimum Gasteiger partial charge on any atom is -0.497 e. The fourth-order valence-corrected chi connectivity index (χ4v) is 3.40. The lowest BCUT2D eigenvalue weighted by atomic mass is 9.98. The second-order valence-corrected chi connectivity index (χ2v) is 6.96. The molecule has 3 rings (SSSR count). The molecular weight excluding hydrogens is 356 g/mol. The molecule has 1 fully saturated rings. The molecular formula is C22H28N2O4. The Hall–Kier alpha value is -2.57. The van der Waals surface area contributed by atoms with Gasteiger partial charge in [-0.05, 0) is 42.3 Å². The van der Waals surface area contributed by atoms with Crippen LogP contribution in [0.5, 0.6) is 11.5 Å². The number of hydrogen-bond donors (Lipinski definition) is 1. The quantitative estimate of drug-likeness (QED) is 0.795. The Morgan fingerprint density at radius 1 is 1.07 bits per heavy atom. The molecule has 1 amide bonds. The van der Waals surface area contributed by atoms with E-state index in [2.05, 4.69) is 10.2 Å². The van der Waals surface area contributed by atoms with Crippen molar-refractivity contribution in [3.8, 4) is 11.5 Å². The number of methoxy groups -OCH3 is 2. The summed E-state index contributed by atoms with van der Waals surface area (Å²) in [5.74, 6) is 1.56. The van der Waals surface area contributed by atoms with E-state index < -0.39 is 0 Å². The molecule has 1 N–H and O–H groups in total. The highest BCUT2D eigenvalue weighted by molar-refractivity contribution is 5.79. The first-order valence-electron chi connectivity index (χ1n) is 9.50. The third-order valence-electron chi connectivity index (χ3n) is 4.90. The fourth-order valence-electron chi connectivity index (χ4n) is 3.40. The normalized spacial score (nSPS) is 17.4. The van der Waals surface area contributed by atoms with Crippen LogP contribution in [0.25, 0.3) is 0 Å². The predicted molar refractivity (Wildman–Crippen MR) is 108 cm³/mol. The van der Waals surface area contributed by atoms with Gasteiger partial charge in [0, 0.05) is 13.1 Å². The highest BCUT2D eigenvalue weighted by Gasteiger charge is 2.22. The molecule has 6 nitrogen and oxygen atoms in total. The lowest BCUT2D eigenvalue weighted by Crippen LogP contribution is -2.46. The number of hydrogen-bond acceptors (Lipinski definition) is 5. The number of nitrogens with zero attached hydrogens (tertiary/aromatic N) is 1. The summed E-state index contributed by atoms with van der Waals surface area (Å²) in [4.78, 5) is 14.9. The zero-order valence-electron chi connectivity index (χ0n) is 16.7. The van der Waals surface area contributed by atoms with Gasteiger partial charge in [-0.15, -0.1) is 0 Å². The number of ether oxygens (including phenoxy) is 3. The van der Waals surface area contributed by atoms with E-state index in [0.717, 1.165) is 35.7 Å². The third-order valence-corrected chi connectivity index (χ3v) is 4.90. The van der Waals surface area contributed by atoms with Gasteiger partial charge >= 0.3 is 0 Å². The van der Waals surface area contributed by atoms with Crippen molar-refractivity contribution in [3.63, 3.8) is 0 Å². The summed E-state index contributed by atoms with van der Waals surface area (Å²) in [6.45, 7) is 4.59. The Morgan fingerprint density at radius 2 is 1.61 bits per heavy atom. The Kier molecular flexibility index (Phi) is 6.90. The number of morpholine rings is 1. The maximum Gasteiger partial charge on any atom is 0.234 e. The molecule has 1 saturated heterocycles. The molecule has 0 radical (unpaired) electrons. The summed E-state index contributed by atoms with van der Waals surface area (Å²) < 4.78 is 16.1. The van der Waals surface area contributed by atoms with E-state index in [-0.39, 0.29) is 18.1 Å². The molecule has 150 valence electrons. The molecule has 0 spiro atoms. The monoisotopic (exact) mass is 384 g/mol. The number of benzene rings is 2. The molecule has 1 heterocycles. The molecule has 0 bridgehead atoms. The van der Waals surface area contributed by atoms with Crippen molar-refractivity contribution in [3.05, 3.63) is 59.7 Å². The van der Waals surface area contributed by atoms with Crippen molar-refractivity contribution < 1.29 is 19.0 Å². The van der Waals surface area contributed by atoms with Crippen molar-refractivity contribution in [1.29, 1.82) is 0 Å². The minimum absolute atomic E-state index is 0.00858. The van der Waals surface area contributed by atoms with E-state index in [9.17, 15) is 4.79 Å². The van der Waals surface area contributed by atoms with Crippen molar-refractivity contribution in [1.82, 2.24) is 10.2 Å². The van der Waals surface area contributed by atoms with Gasteiger partial charge in [-0.2, -0.15) is 0 Å². The van der Waals surface area contributed by atoms with Crippen molar-refractivity contribution in [2.45, 2.75) is 19.1 Å². The van der Waals surface area contributed by atoms with Gasteiger partial charge in [-0.25, -0.2) is 0 Å². The highest BCUT2D eigenvalue weighted by atomic mass is 16.5. The van der Waals surface area contributed by atoms with Gasteiger partial charge in [0.2, 0.25) is 5.91 Å². The minimum atomic E-state index is -0.247. The molecule has 28 heavy (non-hydrogen) atoms. The molecule has 2 aromatic rings. The first kappa shape index (κ1) is 20.2. The summed E-state index contributed by atoms with van der Waals surface area (Å²) >= 11 is 0. The second-order valence-electron chi connectivity index (χ2n) is 6.96. The van der Waals surface area contributed by atoms with Crippen LogP contribution in [0.2, 0.25) is 0 Å². The van der Waals surface area contributed by atoms with Crippen molar-refractivity contribution in [2.75, 3.05) is 40.5 Å². The maximum absolute atomic E-state index is 12.8. The van der Waals surface area contributed by atoms with E-state index in [1.165, 1.54) is 0 Å². The molecule has 0 aliphatic carbocycles. The number of rotatable bonds is 7. The van der Waals surface area contributed by atoms with Crippen LogP contribution in [-0.2, 0) is 9.53 Å². The van der Waals surface area contributed by atoms with Crippen molar-refractivity contribution in [2.24, 2.45) is 0 Å². The van der Waals surface area contributed by atoms with Crippen molar-refractivity contribution >= 4 is 5.91 Å². The van der Waals surface area contributed by atoms with Crippen LogP contribution in [0.15, 0.2) is 48.5 Å². The van der Waals surface area contributed by atoms with Crippen LogP contribution in [0, 0.1) is 0 Å². The lowest BCUT2D eigenvalue weighted by Gasteiger charge is -2.31. The van der Waals surface area contributed by atoms with E-state index in [1.807, 2.05) is 55.5 Å². The number of amides is 1. The van der Waals surface area contributed by atoms with Crippen LogP contribution in [0.1, 0.15) is 24.1 Å². The highest BCUT2D eigenvalue weighted by Crippen LogP contribution is 2.26. The fraction of sp³-hybridized carbons (Fsp3) is 0.409. The van der Waals surface area contributed by atoms with E-state index in [0.29, 0.717) is 13.2 Å². The maximum atomic E-state index is 12.8. The first-order valence-corrected chi connectivity index (χ1v) is 9.50. The molecule has 1 aliphatic heterocycles. The van der Waals surface area contributed by atoms with Gasteiger partial charge in [-0.3, -0.25) is 9.69 Å². The molecule has 0 saturated carbocycles. The lowest BCUT2D eigenvalue weighted by molar-refractivity contribution is -0.124. The van der Waals surface area contributed by atoms with Gasteiger partial charge in [0.25, 0.3) is 0 Å². The van der Waals surface area contributed by atoms with Crippen LogP contribution in [-0.4, -0.2) is 57.4 Å². The standard InChI is InChI=1S/C22H28N2O4/c1-16-14-24(12-13-28-16)15-21(25)23-22(17-4-8-19(26-2)9-5-17)18-6-10-20(27-3)11-7-18/h4-11,16,22H,12-15H2,1-3H3,(H,23,25)/t16-/m1/s1. The van der Waals surface area contributed by atoms with Gasteiger partial charge < -0.3 is 19.5 Å². The van der Waals surface area contributed by atoms with Crippen LogP contribution in [0.4, 0.5) is 0 Å². The Bertz CT molecular complexity index is 714. The predicted octanol–water partition coefficient (Wildman–Crippen LogP) is 2.63. The summed E-state index contributed by atoms with van der Waals surface area (Å²) in [5, 5.41) is 3.18. The van der Waals surface area contributed by atoms with Gasteiger partial charge in [0.05, 0.1) is 39.5 Å². The molecule has 1 atom stereocenters. The van der Waals surface area contributed by atoms with E-state index >= 15 is 0 Å². The van der Waals surface area contributed by atoms with Gasteiger partial charge in [0.1, 0.15) is 11.5 Å². The Morgan fingerprint density at radius 3 is 2.07 bits per heavy atom. The zero-order chi connectivity index (χ0) is 19.9. The van der Waals surface area contributed by atoms with Crippen LogP contribution in [0.3, 0.4) is 0 Å². The smallest absolute Gasteiger partial charge is 0.234 e. The topological polar surface area (TPSA) is 60.0 Å². The average Bonchev–Trinajstić information content (AvgIpc) is 2.72. The molecule has 6 heteroatoms. The number of carbonyl (C=O) groups is 1. The first-order chi connectivity index (χ1) is 13.6. The molecule has 0 aromatic heterocycles. The van der Waals surface area contributed by atoms with E-state index in [1.54, 1.807) is 14.2 Å². The number of carbonyl (C=O) groups excluding carboxylic acids is 1. The Balaban J connectivity index is 1.77. The molecule has 2 aromatic carbocycles. The summed E-state index contributed by atoms with van der Waals surface area (Å²) in [5.41, 5.74) is 1.99. The molecule has 1 aliphatic rings. The largest absolute Gasteiger partial charge is 0.497 e. The number of nitrogens with one attached hydrogen (secondary N) is 1. The summed E-state index contributed by atoms with van der Waals surface area (Å²) in [7, 11) is 3.28. The average molecular weight is 384 g/mol. The SMILES string of the molecule is COc1ccc(C(NC(=O)CN2CCO[C@H](C)C2)c2ccc(OC)cc2)cc1. The summed E-state index contributed by atoms with van der Waals surface area (Å²) in [6.07, 6.45) is 0.153. The molecule has 0 unspecified atom stereocenters. The zero-order valence-corrected chi connectivity index (χ0v) is 16.7. The summed E-state index contributed by atoms with van der Waals surface area (Å²) in [6, 6.07) is 15.3. The second kappa shape index (κ2) is 9.57. The Labute approximate surface area is 166 Å². The van der Waals surface area contributed by atoms with E-state index in [4.69, 9.17) is 14.2 Å². The third kappa shape index (κ3) is 5.24. The van der Waals surface area contributed by atoms with Gasteiger partial charge in [0.15, 0.2) is 0 Å². The van der Waals surface area contributed by atoms with Crippen LogP contribution < -0.4 is 14.8 Å². The van der Waals surface area contributed by atoms with Crippen LogP contribution >= 0.6 is 0 Å².